The van der Waals surface area contributed by atoms with Gasteiger partial charge in [0.2, 0.25) is 0 Å². The van der Waals surface area contributed by atoms with Crippen LogP contribution in [0, 0.1) is 5.92 Å². The molecule has 0 amide bonds. The molecule has 88 valence electrons. The first-order chi connectivity index (χ1) is 8.15. The largest absolute Gasteiger partial charge is 0.478 e. The van der Waals surface area contributed by atoms with Gasteiger partial charge in [-0.15, -0.1) is 0 Å². The Balaban J connectivity index is 2.17. The van der Waals surface area contributed by atoms with Gasteiger partial charge in [-0.05, 0) is 30.5 Å². The van der Waals surface area contributed by atoms with Crippen LogP contribution in [0.25, 0.3) is 11.0 Å². The predicted molar refractivity (Wildman–Crippen MR) is 64.2 cm³/mol. The molecular weight excluding hydrogens is 216 g/mol. The summed E-state index contributed by atoms with van der Waals surface area (Å²) in [7, 11) is 0. The Morgan fingerprint density at radius 2 is 2.35 bits per heavy atom. The van der Waals surface area contributed by atoms with E-state index in [1.165, 1.54) is 6.42 Å². The van der Waals surface area contributed by atoms with Crippen LogP contribution in [0.4, 0.5) is 0 Å². The number of carboxylic acid groups (broad SMARTS) is 1. The van der Waals surface area contributed by atoms with Gasteiger partial charge in [-0.25, -0.2) is 9.78 Å². The van der Waals surface area contributed by atoms with E-state index in [4.69, 9.17) is 5.11 Å². The molecule has 0 spiro atoms. The molecule has 17 heavy (non-hydrogen) atoms. The summed E-state index contributed by atoms with van der Waals surface area (Å²) in [5.41, 5.74) is 2.16. The van der Waals surface area contributed by atoms with Crippen molar-refractivity contribution >= 4 is 17.0 Å². The minimum atomic E-state index is -0.897. The van der Waals surface area contributed by atoms with Crippen LogP contribution in [0.3, 0.4) is 0 Å². The van der Waals surface area contributed by atoms with E-state index in [9.17, 15) is 4.79 Å². The zero-order valence-electron chi connectivity index (χ0n) is 9.68. The van der Waals surface area contributed by atoms with Crippen LogP contribution in [0.5, 0.6) is 0 Å². The summed E-state index contributed by atoms with van der Waals surface area (Å²) in [5.74, 6) is 0.853. The van der Waals surface area contributed by atoms with E-state index in [1.807, 2.05) is 6.07 Å². The standard InChI is InChI=1S/C13H14N2O2/c1-8-4-5-15-11-3-2-9(13(16)17)7-10(11)14-12(15)6-8/h2-3,7-8H,4-6H2,1H3,(H,16,17). The van der Waals surface area contributed by atoms with E-state index in [0.29, 0.717) is 11.5 Å². The fraction of sp³-hybridized carbons (Fsp3) is 0.385. The van der Waals surface area contributed by atoms with E-state index in [0.717, 1.165) is 29.8 Å². The van der Waals surface area contributed by atoms with E-state index in [2.05, 4.69) is 16.5 Å². The normalized spacial score (nSPS) is 19.2. The lowest BCUT2D eigenvalue weighted by molar-refractivity contribution is 0.0697. The van der Waals surface area contributed by atoms with Crippen molar-refractivity contribution in [2.24, 2.45) is 5.92 Å². The predicted octanol–water partition coefficient (Wildman–Crippen LogP) is 2.32. The van der Waals surface area contributed by atoms with Gasteiger partial charge in [-0.3, -0.25) is 0 Å². The summed E-state index contributed by atoms with van der Waals surface area (Å²) in [6.07, 6.45) is 2.15. The highest BCUT2D eigenvalue weighted by Gasteiger charge is 2.19. The van der Waals surface area contributed by atoms with Gasteiger partial charge in [0, 0.05) is 13.0 Å². The van der Waals surface area contributed by atoms with Crippen molar-refractivity contribution in [3.63, 3.8) is 0 Å². The van der Waals surface area contributed by atoms with Crippen LogP contribution >= 0.6 is 0 Å². The second-order valence-corrected chi connectivity index (χ2v) is 4.79. The van der Waals surface area contributed by atoms with Crippen LogP contribution in [0.2, 0.25) is 0 Å². The molecule has 1 atom stereocenters. The molecule has 3 rings (SSSR count). The van der Waals surface area contributed by atoms with E-state index in [-0.39, 0.29) is 0 Å². The van der Waals surface area contributed by atoms with Crippen molar-refractivity contribution in [3.8, 4) is 0 Å². The van der Waals surface area contributed by atoms with Gasteiger partial charge in [-0.1, -0.05) is 6.92 Å². The summed E-state index contributed by atoms with van der Waals surface area (Å²) >= 11 is 0. The molecule has 0 saturated heterocycles. The molecule has 2 aromatic rings. The number of aryl methyl sites for hydroxylation is 1. The molecule has 4 nitrogen and oxygen atoms in total. The first kappa shape index (κ1) is 10.3. The second kappa shape index (κ2) is 3.58. The molecule has 2 heterocycles. The van der Waals surface area contributed by atoms with Crippen LogP contribution in [0.1, 0.15) is 29.5 Å². The number of imidazole rings is 1. The van der Waals surface area contributed by atoms with Crippen LogP contribution in [-0.2, 0) is 13.0 Å². The maximum absolute atomic E-state index is 10.9. The van der Waals surface area contributed by atoms with Crippen molar-refractivity contribution in [1.82, 2.24) is 9.55 Å². The molecule has 0 aliphatic carbocycles. The molecule has 0 saturated carbocycles. The molecule has 0 fully saturated rings. The maximum atomic E-state index is 10.9. The number of hydrogen-bond acceptors (Lipinski definition) is 2. The number of aromatic carboxylic acids is 1. The third-order valence-electron chi connectivity index (χ3n) is 3.45. The first-order valence-corrected chi connectivity index (χ1v) is 5.87. The Morgan fingerprint density at radius 3 is 3.12 bits per heavy atom. The van der Waals surface area contributed by atoms with Gasteiger partial charge in [0.15, 0.2) is 0 Å². The zero-order valence-corrected chi connectivity index (χ0v) is 9.68. The van der Waals surface area contributed by atoms with Crippen molar-refractivity contribution in [2.45, 2.75) is 26.3 Å². The maximum Gasteiger partial charge on any atom is 0.335 e. The Bertz CT molecular complexity index is 601. The van der Waals surface area contributed by atoms with Crippen LogP contribution in [-0.4, -0.2) is 20.6 Å². The van der Waals surface area contributed by atoms with Gasteiger partial charge in [-0.2, -0.15) is 0 Å². The number of aromatic nitrogens is 2. The molecule has 0 bridgehead atoms. The van der Waals surface area contributed by atoms with Gasteiger partial charge < -0.3 is 9.67 Å². The highest BCUT2D eigenvalue weighted by Crippen LogP contribution is 2.25. The SMILES string of the molecule is CC1CCn2c(nc3cc(C(=O)O)ccc32)C1. The van der Waals surface area contributed by atoms with Crippen LogP contribution < -0.4 is 0 Å². The van der Waals surface area contributed by atoms with E-state index >= 15 is 0 Å². The van der Waals surface area contributed by atoms with Crippen LogP contribution in [0.15, 0.2) is 18.2 Å². The molecule has 1 aromatic heterocycles. The molecule has 1 aliphatic heterocycles. The fourth-order valence-corrected chi connectivity index (χ4v) is 2.48. The fourth-order valence-electron chi connectivity index (χ4n) is 2.48. The van der Waals surface area contributed by atoms with Crippen molar-refractivity contribution in [3.05, 3.63) is 29.6 Å². The van der Waals surface area contributed by atoms with E-state index < -0.39 is 5.97 Å². The minimum Gasteiger partial charge on any atom is -0.478 e. The summed E-state index contributed by atoms with van der Waals surface area (Å²) < 4.78 is 2.21. The number of rotatable bonds is 1. The highest BCUT2D eigenvalue weighted by molar-refractivity contribution is 5.92. The molecule has 1 N–H and O–H groups in total. The Kier molecular flexibility index (Phi) is 2.18. The molecule has 1 aliphatic rings. The Morgan fingerprint density at radius 1 is 1.53 bits per heavy atom. The van der Waals surface area contributed by atoms with E-state index in [1.54, 1.807) is 12.1 Å². The second-order valence-electron chi connectivity index (χ2n) is 4.79. The number of carbonyl (C=O) groups is 1. The van der Waals surface area contributed by atoms with Gasteiger partial charge in [0.1, 0.15) is 5.82 Å². The number of fused-ring (bicyclic) bond motifs is 3. The first-order valence-electron chi connectivity index (χ1n) is 5.87. The summed E-state index contributed by atoms with van der Waals surface area (Å²) in [5, 5.41) is 8.95. The molecule has 1 unspecified atom stereocenters. The number of benzene rings is 1. The Hall–Kier alpha value is -1.84. The average molecular weight is 230 g/mol. The lowest BCUT2D eigenvalue weighted by Crippen LogP contribution is -2.17. The van der Waals surface area contributed by atoms with Gasteiger partial charge >= 0.3 is 5.97 Å². The molecule has 4 heteroatoms. The molecular formula is C13H14N2O2. The quantitative estimate of drug-likeness (QED) is 0.817. The number of nitrogens with zero attached hydrogens (tertiary/aromatic N) is 2. The van der Waals surface area contributed by atoms with Gasteiger partial charge in [0.05, 0.1) is 16.6 Å². The third kappa shape index (κ3) is 1.60. The lowest BCUT2D eigenvalue weighted by Gasteiger charge is -2.19. The average Bonchev–Trinajstić information content (AvgIpc) is 2.64. The van der Waals surface area contributed by atoms with Crippen molar-refractivity contribution in [2.75, 3.05) is 0 Å². The topological polar surface area (TPSA) is 55.1 Å². The minimum absolute atomic E-state index is 0.306. The lowest BCUT2D eigenvalue weighted by atomic mass is 10.0. The number of hydrogen-bond donors (Lipinski definition) is 1. The highest BCUT2D eigenvalue weighted by atomic mass is 16.4. The zero-order chi connectivity index (χ0) is 12.0. The van der Waals surface area contributed by atoms with Gasteiger partial charge in [0.25, 0.3) is 0 Å². The summed E-state index contributed by atoms with van der Waals surface area (Å²) in [6.45, 7) is 3.21. The van der Waals surface area contributed by atoms with Crippen molar-refractivity contribution < 1.29 is 9.90 Å². The third-order valence-corrected chi connectivity index (χ3v) is 3.45. The molecule has 1 aromatic carbocycles. The smallest absolute Gasteiger partial charge is 0.335 e. The monoisotopic (exact) mass is 230 g/mol. The summed E-state index contributed by atoms with van der Waals surface area (Å²) in [6, 6.07) is 5.18. The summed E-state index contributed by atoms with van der Waals surface area (Å²) in [4.78, 5) is 15.5. The van der Waals surface area contributed by atoms with Crippen molar-refractivity contribution in [1.29, 1.82) is 0 Å². The molecule has 0 radical (unpaired) electrons. The Labute approximate surface area is 98.9 Å². The number of carboxylic acids is 1.